The molecule has 0 amide bonds. The maximum atomic E-state index is 6.10. The van der Waals surface area contributed by atoms with Crippen molar-refractivity contribution in [3.63, 3.8) is 0 Å². The summed E-state index contributed by atoms with van der Waals surface area (Å²) in [6.45, 7) is 7.68. The Morgan fingerprint density at radius 3 is 2.50 bits per heavy atom. The predicted molar refractivity (Wildman–Crippen MR) is 86.3 cm³/mol. The molecule has 0 saturated carbocycles. The van der Waals surface area contributed by atoms with E-state index in [4.69, 9.17) is 5.73 Å². The van der Waals surface area contributed by atoms with E-state index >= 15 is 0 Å². The topological polar surface area (TPSA) is 45.4 Å². The van der Waals surface area contributed by atoms with E-state index in [0.717, 1.165) is 43.9 Å². The number of likely N-dealkylation sites (N-methyl/N-ethyl adjacent to an activating group) is 1. The highest BCUT2D eigenvalue weighted by molar-refractivity contribution is 7.11. The van der Waals surface area contributed by atoms with E-state index in [1.807, 2.05) is 18.2 Å². The number of hydrogen-bond acceptors (Lipinski definition) is 5. The number of nitrogen functional groups attached to an aromatic ring is 1. The van der Waals surface area contributed by atoms with E-state index in [0.29, 0.717) is 5.82 Å². The van der Waals surface area contributed by atoms with Crippen molar-refractivity contribution in [2.24, 2.45) is 0 Å². The molecule has 0 aliphatic carbocycles. The second kappa shape index (κ2) is 5.81. The third-order valence-electron chi connectivity index (χ3n) is 3.87. The Kier molecular flexibility index (Phi) is 3.89. The third-order valence-corrected chi connectivity index (χ3v) is 4.79. The fourth-order valence-electron chi connectivity index (χ4n) is 2.65. The minimum atomic E-state index is 0.647. The van der Waals surface area contributed by atoms with Crippen molar-refractivity contribution in [3.8, 4) is 11.1 Å². The van der Waals surface area contributed by atoms with Crippen molar-refractivity contribution in [2.75, 3.05) is 43.4 Å². The van der Waals surface area contributed by atoms with Gasteiger partial charge in [0.15, 0.2) is 0 Å². The van der Waals surface area contributed by atoms with Crippen molar-refractivity contribution >= 4 is 22.4 Å². The van der Waals surface area contributed by atoms with E-state index in [2.05, 4.69) is 33.2 Å². The van der Waals surface area contributed by atoms with Crippen LogP contribution in [0.2, 0.25) is 0 Å². The summed E-state index contributed by atoms with van der Waals surface area (Å²) in [5.74, 6) is 0.647. The van der Waals surface area contributed by atoms with Gasteiger partial charge >= 0.3 is 0 Å². The Morgan fingerprint density at radius 1 is 1.15 bits per heavy atom. The first-order valence-corrected chi connectivity index (χ1v) is 7.84. The molecular weight excluding hydrogens is 268 g/mol. The normalized spacial score (nSPS) is 16.6. The molecule has 0 radical (unpaired) electrons. The zero-order valence-corrected chi connectivity index (χ0v) is 12.6. The average Bonchev–Trinajstić information content (AvgIpc) is 2.90. The third kappa shape index (κ3) is 2.51. The number of rotatable bonds is 3. The Morgan fingerprint density at radius 2 is 1.85 bits per heavy atom. The summed E-state index contributed by atoms with van der Waals surface area (Å²) < 4.78 is 4.37. The van der Waals surface area contributed by atoms with Crippen molar-refractivity contribution < 1.29 is 0 Å². The molecule has 1 aliphatic heterocycles. The molecule has 2 heterocycles. The first-order chi connectivity index (χ1) is 9.79. The van der Waals surface area contributed by atoms with E-state index in [-0.39, 0.29) is 0 Å². The van der Waals surface area contributed by atoms with Gasteiger partial charge in [-0.25, -0.2) is 0 Å². The van der Waals surface area contributed by atoms with Crippen molar-refractivity contribution in [1.82, 2.24) is 9.27 Å². The quantitative estimate of drug-likeness (QED) is 0.942. The summed E-state index contributed by atoms with van der Waals surface area (Å²) in [7, 11) is 0. The summed E-state index contributed by atoms with van der Waals surface area (Å²) in [6.07, 6.45) is 0. The molecule has 1 saturated heterocycles. The van der Waals surface area contributed by atoms with Crippen LogP contribution < -0.4 is 10.6 Å². The van der Waals surface area contributed by atoms with Crippen molar-refractivity contribution in [3.05, 3.63) is 30.3 Å². The summed E-state index contributed by atoms with van der Waals surface area (Å²) in [5, 5.41) is 1.21. The second-order valence-corrected chi connectivity index (χ2v) is 5.79. The SMILES string of the molecule is CCN1CCN(c2snc(N)c2-c2ccccc2)CC1. The van der Waals surface area contributed by atoms with Crippen LogP contribution in [0, 0.1) is 0 Å². The Labute approximate surface area is 124 Å². The molecule has 2 N–H and O–H groups in total. The zero-order chi connectivity index (χ0) is 13.9. The number of nitrogens with zero attached hydrogens (tertiary/aromatic N) is 3. The van der Waals surface area contributed by atoms with Crippen molar-refractivity contribution in [2.45, 2.75) is 6.92 Å². The van der Waals surface area contributed by atoms with Crippen LogP contribution in [-0.2, 0) is 0 Å². The maximum absolute atomic E-state index is 6.10. The molecule has 0 unspecified atom stereocenters. The molecule has 1 aromatic heterocycles. The van der Waals surface area contributed by atoms with Gasteiger partial charge in [-0.05, 0) is 23.6 Å². The van der Waals surface area contributed by atoms with Gasteiger partial charge in [0.2, 0.25) is 0 Å². The largest absolute Gasteiger partial charge is 0.382 e. The van der Waals surface area contributed by atoms with Gasteiger partial charge in [-0.15, -0.1) is 0 Å². The molecule has 5 heteroatoms. The van der Waals surface area contributed by atoms with Crippen LogP contribution in [0.5, 0.6) is 0 Å². The molecule has 2 aromatic rings. The first-order valence-electron chi connectivity index (χ1n) is 7.07. The van der Waals surface area contributed by atoms with Crippen LogP contribution in [-0.4, -0.2) is 42.0 Å². The maximum Gasteiger partial charge on any atom is 0.147 e. The lowest BCUT2D eigenvalue weighted by Gasteiger charge is -2.35. The number of nitrogens with two attached hydrogens (primary N) is 1. The molecule has 1 aromatic carbocycles. The second-order valence-electron chi connectivity index (χ2n) is 5.04. The molecule has 0 spiro atoms. The van der Waals surface area contributed by atoms with Crippen LogP contribution >= 0.6 is 11.5 Å². The van der Waals surface area contributed by atoms with E-state index < -0.39 is 0 Å². The lowest BCUT2D eigenvalue weighted by atomic mass is 10.1. The lowest BCUT2D eigenvalue weighted by Crippen LogP contribution is -2.46. The smallest absolute Gasteiger partial charge is 0.147 e. The molecule has 106 valence electrons. The molecule has 1 fully saturated rings. The summed E-state index contributed by atoms with van der Waals surface area (Å²) in [6, 6.07) is 10.3. The summed E-state index contributed by atoms with van der Waals surface area (Å²) >= 11 is 1.52. The van der Waals surface area contributed by atoms with Gasteiger partial charge in [0.1, 0.15) is 10.8 Å². The number of aromatic nitrogens is 1. The highest BCUT2D eigenvalue weighted by Gasteiger charge is 2.22. The predicted octanol–water partition coefficient (Wildman–Crippen LogP) is 2.53. The van der Waals surface area contributed by atoms with Crippen LogP contribution in [0.25, 0.3) is 11.1 Å². The lowest BCUT2D eigenvalue weighted by molar-refractivity contribution is 0.271. The van der Waals surface area contributed by atoms with E-state index in [1.54, 1.807) is 0 Å². The van der Waals surface area contributed by atoms with Crippen LogP contribution in [0.4, 0.5) is 10.8 Å². The van der Waals surface area contributed by atoms with Crippen LogP contribution in [0.1, 0.15) is 6.92 Å². The fourth-order valence-corrected chi connectivity index (χ4v) is 3.54. The van der Waals surface area contributed by atoms with Crippen molar-refractivity contribution in [1.29, 1.82) is 0 Å². The Hall–Kier alpha value is -1.59. The summed E-state index contributed by atoms with van der Waals surface area (Å²) in [4.78, 5) is 4.89. The van der Waals surface area contributed by atoms with Gasteiger partial charge in [-0.3, -0.25) is 0 Å². The highest BCUT2D eigenvalue weighted by Crippen LogP contribution is 2.39. The van der Waals surface area contributed by atoms with Gasteiger partial charge in [0.25, 0.3) is 0 Å². The average molecular weight is 288 g/mol. The number of piperazine rings is 1. The molecular formula is C15H20N4S. The van der Waals surface area contributed by atoms with E-state index in [9.17, 15) is 0 Å². The first kappa shape index (κ1) is 13.4. The molecule has 20 heavy (non-hydrogen) atoms. The monoisotopic (exact) mass is 288 g/mol. The fraction of sp³-hybridized carbons (Fsp3) is 0.400. The molecule has 3 rings (SSSR count). The number of anilines is 2. The van der Waals surface area contributed by atoms with Gasteiger partial charge in [-0.2, -0.15) is 4.37 Å². The number of benzene rings is 1. The minimum Gasteiger partial charge on any atom is -0.382 e. The van der Waals surface area contributed by atoms with Gasteiger partial charge in [0, 0.05) is 26.2 Å². The Balaban J connectivity index is 1.88. The molecule has 0 atom stereocenters. The highest BCUT2D eigenvalue weighted by atomic mass is 32.1. The van der Waals surface area contributed by atoms with E-state index in [1.165, 1.54) is 16.5 Å². The number of hydrogen-bond donors (Lipinski definition) is 1. The van der Waals surface area contributed by atoms with Gasteiger partial charge in [0.05, 0.1) is 5.56 Å². The Bertz CT molecular complexity index is 559. The van der Waals surface area contributed by atoms with Gasteiger partial charge < -0.3 is 15.5 Å². The van der Waals surface area contributed by atoms with Gasteiger partial charge in [-0.1, -0.05) is 37.3 Å². The summed E-state index contributed by atoms with van der Waals surface area (Å²) in [5.41, 5.74) is 8.35. The van der Waals surface area contributed by atoms with Crippen LogP contribution in [0.15, 0.2) is 30.3 Å². The molecule has 0 bridgehead atoms. The van der Waals surface area contributed by atoms with Crippen LogP contribution in [0.3, 0.4) is 0 Å². The standard InChI is InChI=1S/C15H20N4S/c1-2-18-8-10-19(11-9-18)15-13(14(16)17-20-15)12-6-4-3-5-7-12/h3-7H,2,8-11H2,1H3,(H2,16,17). The molecule has 1 aliphatic rings. The molecule has 4 nitrogen and oxygen atoms in total. The minimum absolute atomic E-state index is 0.647. The zero-order valence-electron chi connectivity index (χ0n) is 11.7.